The minimum absolute atomic E-state index is 0.0817. The van der Waals surface area contributed by atoms with Crippen molar-refractivity contribution < 1.29 is 4.79 Å². The first-order chi connectivity index (χ1) is 14.0. The summed E-state index contributed by atoms with van der Waals surface area (Å²) in [5.41, 5.74) is 5.60. The number of amides is 1. The predicted molar refractivity (Wildman–Crippen MR) is 115 cm³/mol. The van der Waals surface area contributed by atoms with E-state index in [1.54, 1.807) is 11.0 Å². The van der Waals surface area contributed by atoms with Gasteiger partial charge in [0.15, 0.2) is 0 Å². The maximum atomic E-state index is 12.8. The van der Waals surface area contributed by atoms with Crippen LogP contribution < -0.4 is 5.32 Å². The second-order valence-corrected chi connectivity index (χ2v) is 7.70. The van der Waals surface area contributed by atoms with Gasteiger partial charge in [-0.3, -0.25) is 4.79 Å². The zero-order chi connectivity index (χ0) is 20.4. The molecule has 0 unspecified atom stereocenters. The molecule has 4 aromatic rings. The first kappa shape index (κ1) is 19.1. The number of hydrogen-bond donors (Lipinski definition) is 1. The third kappa shape index (κ3) is 4.00. The molecule has 1 N–H and O–H groups in total. The molecule has 0 saturated carbocycles. The average Bonchev–Trinajstić information content (AvgIpc) is 3.36. The summed E-state index contributed by atoms with van der Waals surface area (Å²) in [7, 11) is 0. The van der Waals surface area contributed by atoms with E-state index in [9.17, 15) is 4.79 Å². The smallest absolute Gasteiger partial charge is 0.253 e. The minimum Gasteiger partial charge on any atom is -0.348 e. The minimum atomic E-state index is -0.0817. The molecule has 7 heteroatoms. The summed E-state index contributed by atoms with van der Waals surface area (Å²) in [6.45, 7) is 4.43. The van der Waals surface area contributed by atoms with Crippen LogP contribution in [0.5, 0.6) is 0 Å². The summed E-state index contributed by atoms with van der Waals surface area (Å²) in [5.74, 6) is -0.0817. The van der Waals surface area contributed by atoms with E-state index in [-0.39, 0.29) is 5.91 Å². The van der Waals surface area contributed by atoms with Crippen LogP contribution in [-0.4, -0.2) is 25.2 Å². The van der Waals surface area contributed by atoms with Crippen LogP contribution in [0.1, 0.15) is 27.3 Å². The molecule has 0 bridgehead atoms. The van der Waals surface area contributed by atoms with Gasteiger partial charge in [-0.05, 0) is 61.9 Å². The Morgan fingerprint density at radius 2 is 1.72 bits per heavy atom. The molecular formula is C22H20BrN5O. The summed E-state index contributed by atoms with van der Waals surface area (Å²) in [5, 5.41) is 7.13. The number of carbonyl (C=O) groups excluding carboxylic acids is 1. The molecule has 2 aromatic heterocycles. The molecule has 6 nitrogen and oxygen atoms in total. The Labute approximate surface area is 177 Å². The summed E-state index contributed by atoms with van der Waals surface area (Å²) in [6.07, 6.45) is 3.15. The van der Waals surface area contributed by atoms with Gasteiger partial charge in [-0.15, -0.1) is 0 Å². The number of aryl methyl sites for hydroxylation is 1. The largest absolute Gasteiger partial charge is 0.348 e. The highest BCUT2D eigenvalue weighted by Gasteiger charge is 2.16. The quantitative estimate of drug-likeness (QED) is 0.491. The van der Waals surface area contributed by atoms with E-state index in [1.807, 2.05) is 68.4 Å². The van der Waals surface area contributed by atoms with Crippen molar-refractivity contribution in [2.45, 2.75) is 20.4 Å². The Balaban J connectivity index is 1.47. The third-order valence-electron chi connectivity index (χ3n) is 4.83. The van der Waals surface area contributed by atoms with Crippen molar-refractivity contribution in [1.29, 1.82) is 0 Å². The number of nitrogens with one attached hydrogen (secondary N) is 1. The van der Waals surface area contributed by atoms with Crippen molar-refractivity contribution in [3.63, 3.8) is 0 Å². The molecule has 2 aromatic carbocycles. The highest BCUT2D eigenvalue weighted by Crippen LogP contribution is 2.22. The molecule has 146 valence electrons. The molecular weight excluding hydrogens is 430 g/mol. The maximum Gasteiger partial charge on any atom is 0.253 e. The highest BCUT2D eigenvalue weighted by molar-refractivity contribution is 9.10. The first-order valence-electron chi connectivity index (χ1n) is 9.20. The Hall–Kier alpha value is -3.19. The van der Waals surface area contributed by atoms with Crippen LogP contribution in [0.4, 0.5) is 0 Å². The first-order valence-corrected chi connectivity index (χ1v) is 9.99. The normalized spacial score (nSPS) is 10.9. The molecule has 0 aliphatic heterocycles. The van der Waals surface area contributed by atoms with Crippen molar-refractivity contribution in [3.8, 4) is 11.4 Å². The van der Waals surface area contributed by atoms with Gasteiger partial charge in [0, 0.05) is 28.1 Å². The van der Waals surface area contributed by atoms with Crippen molar-refractivity contribution >= 4 is 21.8 Å². The third-order valence-corrected chi connectivity index (χ3v) is 5.36. The van der Waals surface area contributed by atoms with Crippen molar-refractivity contribution in [2.24, 2.45) is 0 Å². The van der Waals surface area contributed by atoms with Crippen molar-refractivity contribution in [3.05, 3.63) is 94.2 Å². The number of benzene rings is 2. The Bertz CT molecular complexity index is 1130. The molecule has 0 radical (unpaired) electrons. The predicted octanol–water partition coefficient (Wildman–Crippen LogP) is 4.37. The van der Waals surface area contributed by atoms with E-state index in [0.717, 1.165) is 32.8 Å². The van der Waals surface area contributed by atoms with Gasteiger partial charge in [-0.25, -0.2) is 9.67 Å². The zero-order valence-electron chi connectivity index (χ0n) is 16.1. The monoisotopic (exact) mass is 449 g/mol. The number of aromatic nitrogens is 4. The lowest BCUT2D eigenvalue weighted by Crippen LogP contribution is -2.23. The molecule has 0 aliphatic rings. The fourth-order valence-corrected chi connectivity index (χ4v) is 3.63. The van der Waals surface area contributed by atoms with Gasteiger partial charge >= 0.3 is 0 Å². The van der Waals surface area contributed by atoms with E-state index < -0.39 is 0 Å². The molecule has 0 aliphatic carbocycles. The molecule has 0 fully saturated rings. The van der Waals surface area contributed by atoms with Crippen LogP contribution in [-0.2, 0) is 6.54 Å². The molecule has 1 amide bonds. The number of rotatable bonds is 5. The number of carbonyl (C=O) groups is 1. The van der Waals surface area contributed by atoms with E-state index >= 15 is 0 Å². The van der Waals surface area contributed by atoms with Crippen LogP contribution >= 0.6 is 15.9 Å². The lowest BCUT2D eigenvalue weighted by Gasteiger charge is -2.10. The maximum absolute atomic E-state index is 12.8. The molecule has 29 heavy (non-hydrogen) atoms. The van der Waals surface area contributed by atoms with Crippen LogP contribution in [0, 0.1) is 13.8 Å². The second-order valence-electron chi connectivity index (χ2n) is 6.79. The van der Waals surface area contributed by atoms with Gasteiger partial charge < -0.3 is 9.88 Å². The van der Waals surface area contributed by atoms with E-state index in [4.69, 9.17) is 0 Å². The number of hydrogen-bond acceptors (Lipinski definition) is 3. The fraction of sp³-hybridized carbons (Fsp3) is 0.136. The summed E-state index contributed by atoms with van der Waals surface area (Å²) < 4.78 is 4.81. The molecule has 2 heterocycles. The fourth-order valence-electron chi connectivity index (χ4n) is 3.37. The van der Waals surface area contributed by atoms with Crippen LogP contribution in [0.15, 0.2) is 71.7 Å². The Kier molecular flexibility index (Phi) is 5.31. The highest BCUT2D eigenvalue weighted by atomic mass is 79.9. The van der Waals surface area contributed by atoms with Gasteiger partial charge in [0.25, 0.3) is 5.91 Å². The number of nitrogens with zero attached hydrogens (tertiary/aromatic N) is 4. The Morgan fingerprint density at radius 3 is 2.38 bits per heavy atom. The standard InChI is InChI=1S/C22H20BrN5O/c1-15-11-21(16(2)28(15)20-9-5-18(23)6-10-20)22(29)25-12-17-3-7-19(8-4-17)27-14-24-13-26-27/h3-11,13-14H,12H2,1-2H3,(H,25,29). The Morgan fingerprint density at radius 1 is 1.03 bits per heavy atom. The zero-order valence-corrected chi connectivity index (χ0v) is 17.7. The van der Waals surface area contributed by atoms with Crippen LogP contribution in [0.2, 0.25) is 0 Å². The van der Waals surface area contributed by atoms with Crippen molar-refractivity contribution in [1.82, 2.24) is 24.6 Å². The average molecular weight is 450 g/mol. The van der Waals surface area contributed by atoms with E-state index in [2.05, 4.69) is 35.9 Å². The van der Waals surface area contributed by atoms with Crippen LogP contribution in [0.3, 0.4) is 0 Å². The molecule has 0 atom stereocenters. The summed E-state index contributed by atoms with van der Waals surface area (Å²) >= 11 is 3.46. The molecule has 4 rings (SSSR count). The lowest BCUT2D eigenvalue weighted by atomic mass is 10.2. The van der Waals surface area contributed by atoms with Gasteiger partial charge in [0.05, 0.1) is 11.3 Å². The van der Waals surface area contributed by atoms with Crippen LogP contribution in [0.25, 0.3) is 11.4 Å². The van der Waals surface area contributed by atoms with Crippen molar-refractivity contribution in [2.75, 3.05) is 0 Å². The van der Waals surface area contributed by atoms with Gasteiger partial charge in [-0.1, -0.05) is 28.1 Å². The topological polar surface area (TPSA) is 64.7 Å². The molecule has 0 saturated heterocycles. The summed E-state index contributed by atoms with van der Waals surface area (Å²) in [4.78, 5) is 16.7. The molecule has 0 spiro atoms. The van der Waals surface area contributed by atoms with Gasteiger partial charge in [-0.2, -0.15) is 5.10 Å². The second kappa shape index (κ2) is 8.05. The lowest BCUT2D eigenvalue weighted by molar-refractivity contribution is 0.0950. The van der Waals surface area contributed by atoms with Gasteiger partial charge in [0.1, 0.15) is 12.7 Å². The summed E-state index contributed by atoms with van der Waals surface area (Å²) in [6, 6.07) is 17.8. The SMILES string of the molecule is Cc1cc(C(=O)NCc2ccc(-n3cncn3)cc2)c(C)n1-c1ccc(Br)cc1. The number of halogens is 1. The van der Waals surface area contributed by atoms with Gasteiger partial charge in [0.2, 0.25) is 0 Å². The van der Waals surface area contributed by atoms with E-state index in [1.165, 1.54) is 6.33 Å². The van der Waals surface area contributed by atoms with E-state index in [0.29, 0.717) is 12.1 Å².